The number of hydrogen-bond acceptors (Lipinski definition) is 16. The standard InChI is InChI=1S/C56H95N7O12S2/c1-12-41(6)51(46(68-10)38-48(65)63-23-16-19-45(63)52(69-11)42(7)54(76)59-44(55-58-22-36-77-55)37-43-17-14-13-15-18-43)62(9)56(67)49(39(2)3)60-53(66)50(40(4)5)61(8)47(64)20-24-70-26-28-72-30-32-74-34-35-75-33-31-73-29-27-71-25-21-57/h13-15,17-18,22,36,39-42,44-46,49-52H,12,16,19-21,23-35,37-38,57H2,1-11H3,(H,59,76)(H,60,66)/t41-,42+,44-,45-,46+,49-,50-,51-,52+/m0/s1. The van der Waals surface area contributed by atoms with Crippen molar-refractivity contribution in [2.45, 2.75) is 129 Å². The number of benzene rings is 1. The Morgan fingerprint density at radius 1 is 0.792 bits per heavy atom. The average Bonchev–Trinajstić information content (AvgIpc) is 4.15. The van der Waals surface area contributed by atoms with E-state index in [2.05, 4.69) is 27.8 Å². The third-order valence-corrected chi connectivity index (χ3v) is 15.5. The lowest BCUT2D eigenvalue weighted by molar-refractivity contribution is -0.148. The molecule has 1 aromatic carbocycles. The summed E-state index contributed by atoms with van der Waals surface area (Å²) >= 11 is 7.66. The number of amides is 4. The van der Waals surface area contributed by atoms with Crippen LogP contribution in [0.4, 0.5) is 0 Å². The van der Waals surface area contributed by atoms with Crippen LogP contribution in [-0.4, -0.2) is 205 Å². The molecule has 1 fully saturated rings. The molecule has 1 aliphatic heterocycles. The molecule has 9 atom stereocenters. The highest BCUT2D eigenvalue weighted by Gasteiger charge is 2.43. The van der Waals surface area contributed by atoms with Gasteiger partial charge < -0.3 is 69.0 Å². The lowest BCUT2D eigenvalue weighted by atomic mass is 9.89. The topological polar surface area (TPSA) is 215 Å². The summed E-state index contributed by atoms with van der Waals surface area (Å²) in [5, 5.41) is 9.53. The molecule has 0 saturated carbocycles. The molecule has 1 saturated heterocycles. The predicted molar refractivity (Wildman–Crippen MR) is 304 cm³/mol. The van der Waals surface area contributed by atoms with Crippen molar-refractivity contribution in [2.75, 3.05) is 121 Å². The van der Waals surface area contributed by atoms with Crippen molar-refractivity contribution in [3.8, 4) is 0 Å². The van der Waals surface area contributed by atoms with E-state index in [0.29, 0.717) is 97.0 Å². The fraction of sp³-hybridized carbons (Fsp3) is 0.750. The van der Waals surface area contributed by atoms with Crippen molar-refractivity contribution >= 4 is 52.2 Å². The van der Waals surface area contributed by atoms with Crippen LogP contribution in [0.2, 0.25) is 0 Å². The summed E-state index contributed by atoms with van der Waals surface area (Å²) < 4.78 is 45.3. The lowest BCUT2D eigenvalue weighted by Crippen LogP contribution is -2.60. The zero-order valence-electron chi connectivity index (χ0n) is 48.1. The smallest absolute Gasteiger partial charge is 0.245 e. The first-order valence-electron chi connectivity index (χ1n) is 27.6. The summed E-state index contributed by atoms with van der Waals surface area (Å²) in [7, 11) is 6.57. The van der Waals surface area contributed by atoms with E-state index < -0.39 is 30.1 Å². The molecule has 0 aliphatic carbocycles. The van der Waals surface area contributed by atoms with Crippen LogP contribution in [0.5, 0.6) is 0 Å². The number of thiocarbonyl (C=S) groups is 1. The van der Waals surface area contributed by atoms with E-state index in [1.807, 2.05) is 76.9 Å². The van der Waals surface area contributed by atoms with Gasteiger partial charge in [0, 0.05) is 58.9 Å². The number of carbonyl (C=O) groups excluding carboxylic acids is 4. The first-order valence-corrected chi connectivity index (χ1v) is 28.9. The maximum absolute atomic E-state index is 14.7. The van der Waals surface area contributed by atoms with Crippen LogP contribution in [0.25, 0.3) is 0 Å². The Hall–Kier alpha value is -3.74. The quantitative estimate of drug-likeness (QED) is 0.0567. The van der Waals surface area contributed by atoms with E-state index in [1.54, 1.807) is 50.7 Å². The number of aromatic nitrogens is 1. The Morgan fingerprint density at radius 3 is 1.86 bits per heavy atom. The van der Waals surface area contributed by atoms with Crippen molar-refractivity contribution in [1.82, 2.24) is 30.3 Å². The molecule has 19 nitrogen and oxygen atoms in total. The van der Waals surface area contributed by atoms with Crippen molar-refractivity contribution in [3.63, 3.8) is 0 Å². The minimum absolute atomic E-state index is 0.0332. The Morgan fingerprint density at radius 2 is 1.36 bits per heavy atom. The number of thiazole rings is 1. The largest absolute Gasteiger partial charge is 0.379 e. The molecule has 0 bridgehead atoms. The van der Waals surface area contributed by atoms with E-state index in [4.69, 9.17) is 55.8 Å². The van der Waals surface area contributed by atoms with Gasteiger partial charge in [-0.05, 0) is 42.6 Å². The lowest BCUT2D eigenvalue weighted by Gasteiger charge is -2.41. The molecule has 21 heteroatoms. The number of nitrogens with zero attached hydrogens (tertiary/aromatic N) is 4. The number of methoxy groups -OCH3 is 2. The number of likely N-dealkylation sites (tertiary alicyclic amines) is 1. The second kappa shape index (κ2) is 38.0. The highest BCUT2D eigenvalue weighted by molar-refractivity contribution is 7.80. The van der Waals surface area contributed by atoms with Crippen molar-refractivity contribution in [1.29, 1.82) is 0 Å². The van der Waals surface area contributed by atoms with Crippen molar-refractivity contribution in [2.24, 2.45) is 29.4 Å². The van der Waals surface area contributed by atoms with E-state index in [9.17, 15) is 19.2 Å². The van der Waals surface area contributed by atoms with Crippen LogP contribution < -0.4 is 16.4 Å². The number of carbonyl (C=O) groups is 4. The second-order valence-corrected chi connectivity index (χ2v) is 21.7. The second-order valence-electron chi connectivity index (χ2n) is 20.3. The summed E-state index contributed by atoms with van der Waals surface area (Å²) in [4.78, 5) is 67.2. The Balaban J connectivity index is 1.55. The van der Waals surface area contributed by atoms with E-state index in [1.165, 1.54) is 4.90 Å². The van der Waals surface area contributed by atoms with Crippen LogP contribution in [0.3, 0.4) is 0 Å². The third-order valence-electron chi connectivity index (χ3n) is 14.1. The van der Waals surface area contributed by atoms with Crippen molar-refractivity contribution in [3.05, 3.63) is 52.5 Å². The molecule has 0 radical (unpaired) electrons. The third kappa shape index (κ3) is 23.1. The van der Waals surface area contributed by atoms with Gasteiger partial charge in [0.15, 0.2) is 0 Å². The Labute approximate surface area is 469 Å². The highest BCUT2D eigenvalue weighted by atomic mass is 32.1. The molecule has 4 amide bonds. The molecule has 0 unspecified atom stereocenters. The zero-order valence-corrected chi connectivity index (χ0v) is 49.7. The number of ether oxygens (including phenoxy) is 8. The number of hydrogen-bond donors (Lipinski definition) is 3. The summed E-state index contributed by atoms with van der Waals surface area (Å²) in [6.45, 7) is 19.6. The Bertz CT molecular complexity index is 1960. The van der Waals surface area contributed by atoms with Gasteiger partial charge in [-0.15, -0.1) is 11.3 Å². The predicted octanol–water partition coefficient (Wildman–Crippen LogP) is 5.34. The van der Waals surface area contributed by atoms with Crippen molar-refractivity contribution < 1.29 is 57.1 Å². The fourth-order valence-electron chi connectivity index (χ4n) is 9.74. The number of nitrogens with two attached hydrogens (primary N) is 1. The van der Waals surface area contributed by atoms with Gasteiger partial charge in [0.25, 0.3) is 0 Å². The minimum atomic E-state index is -0.922. The molecule has 0 spiro atoms. The molecule has 77 heavy (non-hydrogen) atoms. The van der Waals surface area contributed by atoms with Gasteiger partial charge in [-0.3, -0.25) is 19.2 Å². The first-order chi connectivity index (χ1) is 37.0. The van der Waals surface area contributed by atoms with Gasteiger partial charge in [0.2, 0.25) is 23.6 Å². The number of rotatable bonds is 41. The number of nitrogens with one attached hydrogen (secondary N) is 2. The summed E-state index contributed by atoms with van der Waals surface area (Å²) in [5.74, 6) is -1.97. The van der Waals surface area contributed by atoms with Crippen LogP contribution in [-0.2, 0) is 63.5 Å². The highest BCUT2D eigenvalue weighted by Crippen LogP contribution is 2.31. The van der Waals surface area contributed by atoms with E-state index >= 15 is 0 Å². The summed E-state index contributed by atoms with van der Waals surface area (Å²) in [6.07, 6.45) is 3.83. The van der Waals surface area contributed by atoms with E-state index in [-0.39, 0.29) is 85.6 Å². The van der Waals surface area contributed by atoms with Gasteiger partial charge in [-0.1, -0.05) is 97.4 Å². The molecular formula is C56H95N7O12S2. The monoisotopic (exact) mass is 1120 g/mol. The molecule has 1 aliphatic rings. The van der Waals surface area contributed by atoms with Gasteiger partial charge in [0.05, 0.1) is 127 Å². The molecule has 1 aromatic heterocycles. The van der Waals surface area contributed by atoms with Gasteiger partial charge in [-0.2, -0.15) is 0 Å². The minimum Gasteiger partial charge on any atom is -0.379 e. The Kier molecular flexibility index (Phi) is 33.3. The maximum Gasteiger partial charge on any atom is 0.245 e. The SMILES string of the molecule is CC[C@H](C)[C@@H]([C@@H](CC(=O)N1CCC[C@H]1[C@H](OC)[C@@H](C)C(=S)N[C@@H](Cc1ccccc1)c1nccs1)OC)N(C)C(=O)[C@@H](NC(=O)[C@H](C(C)C)N(C)C(=O)CCOCCOCCOCCOCCOCCOCCN)C(C)C. The fourth-order valence-corrected chi connectivity index (χ4v) is 10.7. The summed E-state index contributed by atoms with van der Waals surface area (Å²) in [6, 6.07) is 7.60. The van der Waals surface area contributed by atoms with Gasteiger partial charge >= 0.3 is 0 Å². The molecule has 4 N–H and O–H groups in total. The molecule has 2 heterocycles. The first kappa shape index (κ1) is 67.5. The summed E-state index contributed by atoms with van der Waals surface area (Å²) in [5.41, 5.74) is 6.54. The number of likely N-dealkylation sites (N-methyl/N-ethyl adjacent to an activating group) is 2. The molecular weight excluding hydrogens is 1030 g/mol. The van der Waals surface area contributed by atoms with Crippen LogP contribution >= 0.6 is 23.6 Å². The van der Waals surface area contributed by atoms with Crippen LogP contribution in [0.1, 0.15) is 97.2 Å². The molecule has 2 aromatic rings. The van der Waals surface area contributed by atoms with Crippen LogP contribution in [0.15, 0.2) is 41.9 Å². The van der Waals surface area contributed by atoms with Gasteiger partial charge in [-0.25, -0.2) is 4.98 Å². The zero-order chi connectivity index (χ0) is 56.7. The molecule has 3 rings (SSSR count). The normalized spacial score (nSPS) is 16.9. The average molecular weight is 1120 g/mol. The molecule has 438 valence electrons. The van der Waals surface area contributed by atoms with E-state index in [0.717, 1.165) is 23.4 Å². The van der Waals surface area contributed by atoms with Gasteiger partial charge in [0.1, 0.15) is 17.1 Å². The maximum atomic E-state index is 14.7. The van der Waals surface area contributed by atoms with Crippen LogP contribution in [0, 0.1) is 23.7 Å².